The molecule has 9 aromatic carbocycles. The van der Waals surface area contributed by atoms with Crippen LogP contribution in [0.4, 0.5) is 0 Å². The van der Waals surface area contributed by atoms with E-state index in [0.717, 1.165) is 50.1 Å². The second-order valence-corrected chi connectivity index (χ2v) is 16.2. The second-order valence-electron chi connectivity index (χ2n) is 15.2. The summed E-state index contributed by atoms with van der Waals surface area (Å²) in [7, 11) is 0. The van der Waals surface area contributed by atoms with Crippen molar-refractivity contribution in [2.24, 2.45) is 0 Å². The average molecular weight is 783 g/mol. The molecule has 0 aliphatic carbocycles. The van der Waals surface area contributed by atoms with Crippen molar-refractivity contribution in [3.05, 3.63) is 206 Å². The van der Waals surface area contributed by atoms with Crippen LogP contribution in [0.2, 0.25) is 0 Å². The van der Waals surface area contributed by atoms with E-state index in [1.54, 1.807) is 0 Å². The zero-order chi connectivity index (χ0) is 39.6. The molecule has 0 bridgehead atoms. The van der Waals surface area contributed by atoms with Crippen molar-refractivity contribution in [2.75, 3.05) is 0 Å². The highest BCUT2D eigenvalue weighted by Gasteiger charge is 2.21. The lowest BCUT2D eigenvalue weighted by molar-refractivity contribution is 1.06. The number of thiophene rings is 1. The third kappa shape index (κ3) is 5.70. The van der Waals surface area contributed by atoms with Gasteiger partial charge in [-0.2, -0.15) is 0 Å². The molecule has 0 fully saturated rings. The van der Waals surface area contributed by atoms with Gasteiger partial charge in [-0.25, -0.2) is 15.0 Å². The zero-order valence-electron chi connectivity index (χ0n) is 32.3. The van der Waals surface area contributed by atoms with Crippen molar-refractivity contribution in [1.82, 2.24) is 19.5 Å². The van der Waals surface area contributed by atoms with Gasteiger partial charge < -0.3 is 4.57 Å². The summed E-state index contributed by atoms with van der Waals surface area (Å²) in [6.07, 6.45) is 0. The number of rotatable bonds is 6. The number of hydrogen-bond donors (Lipinski definition) is 0. The van der Waals surface area contributed by atoms with E-state index in [9.17, 15) is 0 Å². The minimum absolute atomic E-state index is 0.609. The lowest BCUT2D eigenvalue weighted by atomic mass is 9.98. The van der Waals surface area contributed by atoms with Gasteiger partial charge in [0.2, 0.25) is 0 Å². The number of fused-ring (bicyclic) bond motifs is 7. The van der Waals surface area contributed by atoms with Crippen molar-refractivity contribution in [2.45, 2.75) is 0 Å². The minimum Gasteiger partial charge on any atom is -0.308 e. The van der Waals surface area contributed by atoms with Gasteiger partial charge in [0.05, 0.1) is 16.7 Å². The molecule has 0 saturated carbocycles. The molecule has 60 heavy (non-hydrogen) atoms. The first-order valence-electron chi connectivity index (χ1n) is 20.2. The highest BCUT2D eigenvalue weighted by Crippen LogP contribution is 2.42. The zero-order valence-corrected chi connectivity index (χ0v) is 33.1. The van der Waals surface area contributed by atoms with E-state index >= 15 is 0 Å². The van der Waals surface area contributed by atoms with E-state index in [1.807, 2.05) is 29.5 Å². The lowest BCUT2D eigenvalue weighted by Crippen LogP contribution is -2.04. The molecule has 12 rings (SSSR count). The molecule has 12 aromatic rings. The van der Waals surface area contributed by atoms with E-state index in [4.69, 9.17) is 15.0 Å². The van der Waals surface area contributed by atoms with E-state index in [1.165, 1.54) is 47.3 Å². The monoisotopic (exact) mass is 782 g/mol. The highest BCUT2D eigenvalue weighted by atomic mass is 32.1. The van der Waals surface area contributed by atoms with E-state index in [-0.39, 0.29) is 0 Å². The first-order valence-corrected chi connectivity index (χ1v) is 21.0. The second kappa shape index (κ2) is 14.0. The Kier molecular flexibility index (Phi) is 8.00. The fraction of sp³-hybridized carbons (Fsp3) is 0. The molecule has 4 nitrogen and oxygen atoms in total. The smallest absolute Gasteiger partial charge is 0.166 e. The number of aromatic nitrogens is 4. The van der Waals surface area contributed by atoms with Crippen molar-refractivity contribution < 1.29 is 0 Å². The van der Waals surface area contributed by atoms with Gasteiger partial charge in [0, 0.05) is 47.6 Å². The maximum Gasteiger partial charge on any atom is 0.166 e. The van der Waals surface area contributed by atoms with Gasteiger partial charge in [-0.1, -0.05) is 164 Å². The molecule has 0 N–H and O–H groups in total. The molecule has 0 unspecified atom stereocenters. The van der Waals surface area contributed by atoms with Crippen LogP contribution in [-0.2, 0) is 0 Å². The Hall–Kier alpha value is -7.73. The predicted octanol–water partition coefficient (Wildman–Crippen LogP) is 14.8. The van der Waals surface area contributed by atoms with E-state index < -0.39 is 0 Å². The van der Waals surface area contributed by atoms with Crippen molar-refractivity contribution >= 4 is 64.1 Å². The number of benzene rings is 9. The first-order chi connectivity index (χ1) is 29.7. The van der Waals surface area contributed by atoms with Gasteiger partial charge in [-0.3, -0.25) is 0 Å². The van der Waals surface area contributed by atoms with Crippen LogP contribution in [-0.4, -0.2) is 19.5 Å². The summed E-state index contributed by atoms with van der Waals surface area (Å²) in [5.74, 6) is 1.85. The highest BCUT2D eigenvalue weighted by molar-refractivity contribution is 7.26. The van der Waals surface area contributed by atoms with Crippen LogP contribution < -0.4 is 0 Å². The molecule has 0 saturated heterocycles. The molecule has 0 amide bonds. The fourth-order valence-corrected chi connectivity index (χ4v) is 10.0. The summed E-state index contributed by atoms with van der Waals surface area (Å²) in [6, 6.07) is 73.4. The molecule has 0 aliphatic rings. The first kappa shape index (κ1) is 34.3. The Bertz CT molecular complexity index is 3570. The van der Waals surface area contributed by atoms with Gasteiger partial charge in [0.25, 0.3) is 0 Å². The summed E-state index contributed by atoms with van der Waals surface area (Å²) in [5, 5.41) is 7.38. The Morgan fingerprint density at radius 3 is 1.73 bits per heavy atom. The van der Waals surface area contributed by atoms with Gasteiger partial charge >= 0.3 is 0 Å². The molecule has 5 heteroatoms. The summed E-state index contributed by atoms with van der Waals surface area (Å²) >= 11 is 1.84. The molecule has 0 aliphatic heterocycles. The summed E-state index contributed by atoms with van der Waals surface area (Å²) in [4.78, 5) is 15.8. The molecule has 0 spiro atoms. The summed E-state index contributed by atoms with van der Waals surface area (Å²) in [6.45, 7) is 0. The van der Waals surface area contributed by atoms with Gasteiger partial charge in [-0.15, -0.1) is 11.3 Å². The van der Waals surface area contributed by atoms with E-state index in [2.05, 4.69) is 193 Å². The Labute approximate surface area is 350 Å². The maximum atomic E-state index is 5.37. The largest absolute Gasteiger partial charge is 0.308 e. The predicted molar refractivity (Wildman–Crippen MR) is 252 cm³/mol. The molecule has 3 heterocycles. The quantitative estimate of drug-likeness (QED) is 0.169. The Morgan fingerprint density at radius 1 is 0.333 bits per heavy atom. The van der Waals surface area contributed by atoms with Crippen LogP contribution >= 0.6 is 11.3 Å². The van der Waals surface area contributed by atoms with Crippen LogP contribution in [0, 0.1) is 0 Å². The topological polar surface area (TPSA) is 43.6 Å². The van der Waals surface area contributed by atoms with Crippen molar-refractivity contribution in [3.63, 3.8) is 0 Å². The van der Waals surface area contributed by atoms with Gasteiger partial charge in [0.15, 0.2) is 17.5 Å². The number of hydrogen-bond acceptors (Lipinski definition) is 4. The van der Waals surface area contributed by atoms with Crippen molar-refractivity contribution in [1.29, 1.82) is 0 Å². The maximum absolute atomic E-state index is 5.37. The van der Waals surface area contributed by atoms with Crippen LogP contribution in [0.3, 0.4) is 0 Å². The number of para-hydroxylation sites is 2. The summed E-state index contributed by atoms with van der Waals surface area (Å²) in [5.41, 5.74) is 10.6. The molecule has 3 aromatic heterocycles. The molecule has 0 atom stereocenters. The standard InChI is InChI=1S/C55H34N4S/c1-2-15-36(16-3-1)53-56-54(41-19-12-18-40(33-41)42-23-13-24-46-45-22-8-11-27-51(45)60-52(42)46)58-55(57-53)47-31-30-39(38-29-28-35-14-4-5-17-37(35)32-38)34-50(47)59-48-25-9-6-20-43(48)44-21-7-10-26-49(44)59/h1-34H. The van der Waals surface area contributed by atoms with E-state index in [0.29, 0.717) is 17.5 Å². The number of nitrogens with zero attached hydrogens (tertiary/aromatic N) is 4. The third-order valence-electron chi connectivity index (χ3n) is 11.6. The van der Waals surface area contributed by atoms with Gasteiger partial charge in [-0.05, 0) is 75.5 Å². The van der Waals surface area contributed by atoms with Gasteiger partial charge in [0.1, 0.15) is 0 Å². The summed E-state index contributed by atoms with van der Waals surface area (Å²) < 4.78 is 4.94. The molecular weight excluding hydrogens is 749 g/mol. The van der Waals surface area contributed by atoms with Crippen molar-refractivity contribution in [3.8, 4) is 62.1 Å². The average Bonchev–Trinajstić information content (AvgIpc) is 3.87. The minimum atomic E-state index is 0.609. The van der Waals surface area contributed by atoms with Crippen LogP contribution in [0.25, 0.3) is 115 Å². The lowest BCUT2D eigenvalue weighted by Gasteiger charge is -2.17. The van der Waals surface area contributed by atoms with Crippen LogP contribution in [0.5, 0.6) is 0 Å². The third-order valence-corrected chi connectivity index (χ3v) is 12.9. The molecular formula is C55H34N4S. The Balaban J connectivity index is 1.09. The fourth-order valence-electron chi connectivity index (χ4n) is 8.78. The SMILES string of the molecule is c1ccc(-c2nc(-c3cccc(-c4cccc5c4sc4ccccc45)c3)nc(-c3ccc(-c4ccc5ccccc5c4)cc3-n3c4ccccc4c4ccccc43)n2)cc1. The van der Waals surface area contributed by atoms with Crippen LogP contribution in [0.15, 0.2) is 206 Å². The normalized spacial score (nSPS) is 11.7. The Morgan fingerprint density at radius 2 is 0.917 bits per heavy atom. The van der Waals surface area contributed by atoms with Crippen LogP contribution in [0.1, 0.15) is 0 Å². The molecule has 0 radical (unpaired) electrons. The molecule has 280 valence electrons.